The number of carbonyl (C=O) groups is 2. The zero-order valence-electron chi connectivity index (χ0n) is 11.4. The van der Waals surface area contributed by atoms with Gasteiger partial charge in [-0.3, -0.25) is 14.5 Å². The summed E-state index contributed by atoms with van der Waals surface area (Å²) >= 11 is 0. The smallest absolute Gasteiger partial charge is 0.304 e. The van der Waals surface area contributed by atoms with Crippen LogP contribution in [0, 0.1) is 0 Å². The van der Waals surface area contributed by atoms with E-state index in [9.17, 15) is 9.59 Å². The summed E-state index contributed by atoms with van der Waals surface area (Å²) in [5.74, 6) is -0.687. The van der Waals surface area contributed by atoms with Crippen LogP contribution in [0.25, 0.3) is 0 Å². The average molecular weight is 256 g/mol. The maximum Gasteiger partial charge on any atom is 0.304 e. The van der Waals surface area contributed by atoms with E-state index in [1.165, 1.54) is 6.42 Å². The fourth-order valence-corrected chi connectivity index (χ4v) is 2.44. The van der Waals surface area contributed by atoms with Gasteiger partial charge in [0.25, 0.3) is 0 Å². The first-order chi connectivity index (χ1) is 8.54. The monoisotopic (exact) mass is 256 g/mol. The highest BCUT2D eigenvalue weighted by molar-refractivity contribution is 5.78. The quantitative estimate of drug-likeness (QED) is 0.775. The molecular weight excluding hydrogens is 232 g/mol. The van der Waals surface area contributed by atoms with E-state index in [0.717, 1.165) is 25.8 Å². The first-order valence-electron chi connectivity index (χ1n) is 6.74. The predicted octanol–water partition coefficient (Wildman–Crippen LogP) is 1.18. The Balaban J connectivity index is 2.40. The number of hydrogen-bond acceptors (Lipinski definition) is 3. The van der Waals surface area contributed by atoms with E-state index in [1.807, 2.05) is 4.90 Å². The third-order valence-corrected chi connectivity index (χ3v) is 3.53. The lowest BCUT2D eigenvalue weighted by molar-refractivity contribution is -0.139. The van der Waals surface area contributed by atoms with Gasteiger partial charge in [-0.15, -0.1) is 0 Å². The zero-order valence-corrected chi connectivity index (χ0v) is 11.4. The second-order valence-electron chi connectivity index (χ2n) is 5.03. The molecule has 1 saturated heterocycles. The van der Waals surface area contributed by atoms with Gasteiger partial charge in [0.15, 0.2) is 0 Å². The lowest BCUT2D eigenvalue weighted by Gasteiger charge is -2.36. The van der Waals surface area contributed by atoms with E-state index >= 15 is 0 Å². The van der Waals surface area contributed by atoms with E-state index in [1.54, 1.807) is 11.9 Å². The van der Waals surface area contributed by atoms with Crippen LogP contribution in [0.5, 0.6) is 0 Å². The predicted molar refractivity (Wildman–Crippen MR) is 69.4 cm³/mol. The number of carbonyl (C=O) groups excluding carboxylic acids is 1. The third-order valence-electron chi connectivity index (χ3n) is 3.53. The van der Waals surface area contributed by atoms with Crippen LogP contribution in [-0.2, 0) is 9.59 Å². The maximum atomic E-state index is 12.2. The van der Waals surface area contributed by atoms with Gasteiger partial charge in [-0.1, -0.05) is 6.92 Å². The molecule has 1 aliphatic rings. The van der Waals surface area contributed by atoms with Gasteiger partial charge in [0.1, 0.15) is 0 Å². The van der Waals surface area contributed by atoms with E-state index in [0.29, 0.717) is 19.1 Å². The SMILES string of the molecule is CCC1CCCCN1C(=O)CN(C)CCC(=O)O. The molecule has 0 aromatic carbocycles. The molecule has 0 aromatic heterocycles. The van der Waals surface area contributed by atoms with Crippen LogP contribution in [0.4, 0.5) is 0 Å². The highest BCUT2D eigenvalue weighted by atomic mass is 16.4. The van der Waals surface area contributed by atoms with E-state index in [-0.39, 0.29) is 12.3 Å². The first kappa shape index (κ1) is 15.0. The summed E-state index contributed by atoms with van der Waals surface area (Å²) in [6.07, 6.45) is 4.48. The molecule has 1 aliphatic heterocycles. The molecule has 0 radical (unpaired) electrons. The van der Waals surface area contributed by atoms with Crippen molar-refractivity contribution >= 4 is 11.9 Å². The first-order valence-corrected chi connectivity index (χ1v) is 6.74. The molecule has 1 unspecified atom stereocenters. The summed E-state index contributed by atoms with van der Waals surface area (Å²) in [6, 6.07) is 0.374. The van der Waals surface area contributed by atoms with Crippen LogP contribution in [0.1, 0.15) is 39.0 Å². The second kappa shape index (κ2) is 7.36. The number of likely N-dealkylation sites (tertiary alicyclic amines) is 1. The van der Waals surface area contributed by atoms with Crippen molar-refractivity contribution in [2.75, 3.05) is 26.7 Å². The van der Waals surface area contributed by atoms with Crippen LogP contribution in [0.3, 0.4) is 0 Å². The number of likely N-dealkylation sites (N-methyl/N-ethyl adjacent to an activating group) is 1. The molecule has 0 aliphatic carbocycles. The van der Waals surface area contributed by atoms with Crippen molar-refractivity contribution in [2.24, 2.45) is 0 Å². The van der Waals surface area contributed by atoms with Crippen LogP contribution in [-0.4, -0.2) is 59.5 Å². The summed E-state index contributed by atoms with van der Waals surface area (Å²) < 4.78 is 0. The molecule has 18 heavy (non-hydrogen) atoms. The number of nitrogens with zero attached hydrogens (tertiary/aromatic N) is 2. The van der Waals surface area contributed by atoms with Crippen molar-refractivity contribution in [2.45, 2.75) is 45.1 Å². The number of hydrogen-bond donors (Lipinski definition) is 1. The topological polar surface area (TPSA) is 60.9 Å². The summed E-state index contributed by atoms with van der Waals surface area (Å²) in [5, 5.41) is 8.60. The van der Waals surface area contributed by atoms with Gasteiger partial charge in [0.05, 0.1) is 13.0 Å². The Morgan fingerprint density at radius 3 is 2.72 bits per heavy atom. The molecule has 1 rings (SSSR count). The highest BCUT2D eigenvalue weighted by Gasteiger charge is 2.25. The zero-order chi connectivity index (χ0) is 13.5. The molecule has 5 heteroatoms. The van der Waals surface area contributed by atoms with Crippen LogP contribution >= 0.6 is 0 Å². The fraction of sp³-hybridized carbons (Fsp3) is 0.846. The van der Waals surface area contributed by atoms with Crippen LogP contribution in [0.2, 0.25) is 0 Å². The summed E-state index contributed by atoms with van der Waals surface area (Å²) in [7, 11) is 1.80. The summed E-state index contributed by atoms with van der Waals surface area (Å²) in [5.41, 5.74) is 0. The molecule has 1 amide bonds. The Hall–Kier alpha value is -1.10. The van der Waals surface area contributed by atoms with Gasteiger partial charge in [-0.2, -0.15) is 0 Å². The minimum atomic E-state index is -0.821. The number of rotatable bonds is 6. The van der Waals surface area contributed by atoms with Gasteiger partial charge in [-0.25, -0.2) is 0 Å². The molecule has 1 fully saturated rings. The lowest BCUT2D eigenvalue weighted by atomic mass is 10.00. The minimum Gasteiger partial charge on any atom is -0.481 e. The average Bonchev–Trinajstić information content (AvgIpc) is 2.36. The Morgan fingerprint density at radius 1 is 1.39 bits per heavy atom. The molecular formula is C13H24N2O3. The fourth-order valence-electron chi connectivity index (χ4n) is 2.44. The number of piperidine rings is 1. The standard InChI is InChI=1S/C13H24N2O3/c1-3-11-6-4-5-8-15(11)12(16)10-14(2)9-7-13(17)18/h11H,3-10H2,1-2H3,(H,17,18). The number of carboxylic acid groups (broad SMARTS) is 1. The van der Waals surface area contributed by atoms with Crippen LogP contribution in [0.15, 0.2) is 0 Å². The molecule has 1 heterocycles. The molecule has 1 N–H and O–H groups in total. The Kier molecular flexibility index (Phi) is 6.12. The Bertz CT molecular complexity index is 294. The van der Waals surface area contributed by atoms with Crippen molar-refractivity contribution < 1.29 is 14.7 Å². The largest absolute Gasteiger partial charge is 0.481 e. The van der Waals surface area contributed by atoms with E-state index < -0.39 is 5.97 Å². The number of aliphatic carboxylic acids is 1. The van der Waals surface area contributed by atoms with Crippen molar-refractivity contribution in [3.05, 3.63) is 0 Å². The van der Waals surface area contributed by atoms with Crippen molar-refractivity contribution in [3.63, 3.8) is 0 Å². The van der Waals surface area contributed by atoms with Gasteiger partial charge < -0.3 is 10.0 Å². The second-order valence-corrected chi connectivity index (χ2v) is 5.03. The molecule has 0 saturated carbocycles. The van der Waals surface area contributed by atoms with E-state index in [4.69, 9.17) is 5.11 Å². The third kappa shape index (κ3) is 4.64. The highest BCUT2D eigenvalue weighted by Crippen LogP contribution is 2.19. The molecule has 5 nitrogen and oxygen atoms in total. The van der Waals surface area contributed by atoms with E-state index in [2.05, 4.69) is 6.92 Å². The Labute approximate surface area is 109 Å². The van der Waals surface area contributed by atoms with Crippen LogP contribution < -0.4 is 0 Å². The number of amides is 1. The molecule has 0 bridgehead atoms. The summed E-state index contributed by atoms with van der Waals surface area (Å²) in [6.45, 7) is 3.71. The lowest BCUT2D eigenvalue weighted by Crippen LogP contribution is -2.47. The van der Waals surface area contributed by atoms with Gasteiger partial charge >= 0.3 is 5.97 Å². The molecule has 104 valence electrons. The molecule has 1 atom stereocenters. The summed E-state index contributed by atoms with van der Waals surface area (Å²) in [4.78, 5) is 26.4. The van der Waals surface area contributed by atoms with Gasteiger partial charge in [-0.05, 0) is 32.7 Å². The maximum absolute atomic E-state index is 12.2. The van der Waals surface area contributed by atoms with Crippen molar-refractivity contribution in [1.82, 2.24) is 9.80 Å². The van der Waals surface area contributed by atoms with Gasteiger partial charge in [0, 0.05) is 19.1 Å². The normalized spacial score (nSPS) is 20.2. The molecule has 0 aromatic rings. The Morgan fingerprint density at radius 2 is 2.11 bits per heavy atom. The number of carboxylic acids is 1. The van der Waals surface area contributed by atoms with Crippen molar-refractivity contribution in [1.29, 1.82) is 0 Å². The van der Waals surface area contributed by atoms with Crippen molar-refractivity contribution in [3.8, 4) is 0 Å². The van der Waals surface area contributed by atoms with Gasteiger partial charge in [0.2, 0.25) is 5.91 Å². The minimum absolute atomic E-state index is 0.0843. The molecule has 0 spiro atoms.